The van der Waals surface area contributed by atoms with Gasteiger partial charge < -0.3 is 10.4 Å². The van der Waals surface area contributed by atoms with E-state index in [2.05, 4.69) is 10.3 Å². The van der Waals surface area contributed by atoms with Crippen molar-refractivity contribution in [3.05, 3.63) is 30.1 Å². The Kier molecular flexibility index (Phi) is 4.14. The summed E-state index contributed by atoms with van der Waals surface area (Å²) in [6.07, 6.45) is 4.55. The largest absolute Gasteiger partial charge is 0.481 e. The summed E-state index contributed by atoms with van der Waals surface area (Å²) in [5.74, 6) is -0.941. The van der Waals surface area contributed by atoms with Crippen molar-refractivity contribution in [2.45, 2.75) is 37.5 Å². The molecule has 102 valence electrons. The molecule has 0 radical (unpaired) electrons. The van der Waals surface area contributed by atoms with Gasteiger partial charge in [0.2, 0.25) is 5.91 Å². The first-order chi connectivity index (χ1) is 9.12. The standard InChI is InChI=1S/C14H18N2O3/c17-12(5-3-6-13(18)19)16-10-14(7-8-14)11-4-1-2-9-15-11/h1-2,4,9H,3,5-8,10H2,(H,16,17)(H,18,19). The normalized spacial score (nSPS) is 15.8. The Morgan fingerprint density at radius 2 is 2.11 bits per heavy atom. The minimum absolute atomic E-state index is 0.00369. The Bertz CT molecular complexity index is 455. The molecule has 0 aromatic carbocycles. The second kappa shape index (κ2) is 5.82. The highest BCUT2D eigenvalue weighted by atomic mass is 16.4. The van der Waals surface area contributed by atoms with Crippen molar-refractivity contribution in [1.82, 2.24) is 10.3 Å². The number of carbonyl (C=O) groups is 2. The van der Waals surface area contributed by atoms with Crippen LogP contribution in [0.4, 0.5) is 0 Å². The molecule has 0 spiro atoms. The molecular formula is C14H18N2O3. The maximum absolute atomic E-state index is 11.6. The minimum Gasteiger partial charge on any atom is -0.481 e. The Morgan fingerprint density at radius 1 is 1.32 bits per heavy atom. The number of rotatable bonds is 7. The van der Waals surface area contributed by atoms with E-state index < -0.39 is 5.97 Å². The van der Waals surface area contributed by atoms with E-state index in [1.54, 1.807) is 6.20 Å². The zero-order valence-electron chi connectivity index (χ0n) is 10.8. The Morgan fingerprint density at radius 3 is 2.68 bits per heavy atom. The lowest BCUT2D eigenvalue weighted by molar-refractivity contribution is -0.137. The van der Waals surface area contributed by atoms with E-state index in [9.17, 15) is 9.59 Å². The lowest BCUT2D eigenvalue weighted by atomic mass is 10.0. The molecule has 1 aromatic rings. The topological polar surface area (TPSA) is 79.3 Å². The average molecular weight is 262 g/mol. The average Bonchev–Trinajstić information content (AvgIpc) is 3.18. The zero-order chi connectivity index (χ0) is 13.7. The summed E-state index contributed by atoms with van der Waals surface area (Å²) in [7, 11) is 0. The van der Waals surface area contributed by atoms with Crippen molar-refractivity contribution >= 4 is 11.9 Å². The summed E-state index contributed by atoms with van der Waals surface area (Å²) >= 11 is 0. The van der Waals surface area contributed by atoms with Gasteiger partial charge in [-0.25, -0.2) is 0 Å². The predicted octanol–water partition coefficient (Wildman–Crippen LogP) is 1.48. The van der Waals surface area contributed by atoms with Crippen molar-refractivity contribution < 1.29 is 14.7 Å². The van der Waals surface area contributed by atoms with Crippen LogP contribution in [0.1, 0.15) is 37.8 Å². The summed E-state index contributed by atoms with van der Waals surface area (Å²) in [5, 5.41) is 11.4. The summed E-state index contributed by atoms with van der Waals surface area (Å²) in [4.78, 5) is 26.3. The van der Waals surface area contributed by atoms with Gasteiger partial charge in [0.15, 0.2) is 0 Å². The maximum atomic E-state index is 11.6. The SMILES string of the molecule is O=C(O)CCCC(=O)NCC1(c2ccccn2)CC1. The van der Waals surface area contributed by atoms with Crippen molar-refractivity contribution in [2.75, 3.05) is 6.54 Å². The van der Waals surface area contributed by atoms with Crippen molar-refractivity contribution in [3.8, 4) is 0 Å². The quantitative estimate of drug-likeness (QED) is 0.780. The van der Waals surface area contributed by atoms with Crippen LogP contribution in [0.2, 0.25) is 0 Å². The van der Waals surface area contributed by atoms with Crippen LogP contribution in [0.25, 0.3) is 0 Å². The van der Waals surface area contributed by atoms with Gasteiger partial charge >= 0.3 is 5.97 Å². The first-order valence-corrected chi connectivity index (χ1v) is 6.52. The molecule has 1 heterocycles. The highest BCUT2D eigenvalue weighted by Crippen LogP contribution is 2.46. The summed E-state index contributed by atoms with van der Waals surface area (Å²) in [5.41, 5.74) is 1.03. The van der Waals surface area contributed by atoms with Gasteiger partial charge in [0.25, 0.3) is 0 Å². The van der Waals surface area contributed by atoms with E-state index in [1.807, 2.05) is 18.2 Å². The molecule has 1 aromatic heterocycles. The number of aromatic nitrogens is 1. The fourth-order valence-electron chi connectivity index (χ4n) is 2.11. The van der Waals surface area contributed by atoms with Crippen LogP contribution in [0, 0.1) is 0 Å². The number of aliphatic carboxylic acids is 1. The lowest BCUT2D eigenvalue weighted by Crippen LogP contribution is -2.32. The fraction of sp³-hybridized carbons (Fsp3) is 0.500. The maximum Gasteiger partial charge on any atom is 0.303 e. The van der Waals surface area contributed by atoms with Crippen LogP contribution < -0.4 is 5.32 Å². The summed E-state index contributed by atoms with van der Waals surface area (Å²) < 4.78 is 0. The predicted molar refractivity (Wildman–Crippen MR) is 69.6 cm³/mol. The van der Waals surface area contributed by atoms with E-state index in [-0.39, 0.29) is 24.2 Å². The van der Waals surface area contributed by atoms with Gasteiger partial charge in [-0.2, -0.15) is 0 Å². The van der Waals surface area contributed by atoms with Gasteiger partial charge in [-0.15, -0.1) is 0 Å². The van der Waals surface area contributed by atoms with Crippen LogP contribution >= 0.6 is 0 Å². The van der Waals surface area contributed by atoms with E-state index in [1.165, 1.54) is 0 Å². The van der Waals surface area contributed by atoms with E-state index >= 15 is 0 Å². The number of carboxylic acids is 1. The molecule has 1 saturated carbocycles. The molecule has 19 heavy (non-hydrogen) atoms. The Labute approximate surface area is 112 Å². The molecule has 5 heteroatoms. The molecule has 1 aliphatic carbocycles. The molecule has 0 saturated heterocycles. The van der Waals surface area contributed by atoms with Gasteiger partial charge in [-0.1, -0.05) is 6.07 Å². The highest BCUT2D eigenvalue weighted by molar-refractivity contribution is 5.76. The number of carbonyl (C=O) groups excluding carboxylic acids is 1. The smallest absolute Gasteiger partial charge is 0.303 e. The third-order valence-corrected chi connectivity index (χ3v) is 3.48. The number of amides is 1. The van der Waals surface area contributed by atoms with Crippen LogP contribution in [-0.4, -0.2) is 28.5 Å². The number of hydrogen-bond donors (Lipinski definition) is 2. The van der Waals surface area contributed by atoms with Crippen molar-refractivity contribution in [2.24, 2.45) is 0 Å². The van der Waals surface area contributed by atoms with Gasteiger partial charge in [0, 0.05) is 36.7 Å². The molecule has 1 fully saturated rings. The Hall–Kier alpha value is -1.91. The monoisotopic (exact) mass is 262 g/mol. The first kappa shape index (κ1) is 13.5. The molecule has 2 N–H and O–H groups in total. The van der Waals surface area contributed by atoms with E-state index in [4.69, 9.17) is 5.11 Å². The third-order valence-electron chi connectivity index (χ3n) is 3.48. The molecule has 1 amide bonds. The molecular weight excluding hydrogens is 244 g/mol. The molecule has 0 bridgehead atoms. The Balaban J connectivity index is 1.76. The molecule has 2 rings (SSSR count). The third kappa shape index (κ3) is 3.77. The summed E-state index contributed by atoms with van der Waals surface area (Å²) in [6, 6.07) is 5.82. The highest BCUT2D eigenvalue weighted by Gasteiger charge is 2.45. The number of carboxylic acid groups (broad SMARTS) is 1. The van der Waals surface area contributed by atoms with Crippen LogP contribution in [0.5, 0.6) is 0 Å². The molecule has 0 unspecified atom stereocenters. The number of hydrogen-bond acceptors (Lipinski definition) is 3. The van der Waals surface area contributed by atoms with E-state index in [0.717, 1.165) is 18.5 Å². The molecule has 1 aliphatic rings. The minimum atomic E-state index is -0.861. The second-order valence-electron chi connectivity index (χ2n) is 5.02. The number of nitrogens with zero attached hydrogens (tertiary/aromatic N) is 1. The molecule has 5 nitrogen and oxygen atoms in total. The van der Waals surface area contributed by atoms with Crippen LogP contribution in [0.15, 0.2) is 24.4 Å². The van der Waals surface area contributed by atoms with Crippen LogP contribution in [0.3, 0.4) is 0 Å². The van der Waals surface area contributed by atoms with E-state index in [0.29, 0.717) is 13.0 Å². The van der Waals surface area contributed by atoms with Gasteiger partial charge in [0.1, 0.15) is 0 Å². The summed E-state index contributed by atoms with van der Waals surface area (Å²) in [6.45, 7) is 0.593. The molecule has 0 aliphatic heterocycles. The number of nitrogens with one attached hydrogen (secondary N) is 1. The van der Waals surface area contributed by atoms with Crippen molar-refractivity contribution in [3.63, 3.8) is 0 Å². The number of pyridine rings is 1. The second-order valence-corrected chi connectivity index (χ2v) is 5.02. The zero-order valence-corrected chi connectivity index (χ0v) is 10.8. The lowest BCUT2D eigenvalue weighted by Gasteiger charge is -2.15. The molecule has 0 atom stereocenters. The van der Waals surface area contributed by atoms with Gasteiger partial charge in [-0.3, -0.25) is 14.6 Å². The fourth-order valence-corrected chi connectivity index (χ4v) is 2.11. The van der Waals surface area contributed by atoms with Crippen molar-refractivity contribution in [1.29, 1.82) is 0 Å². The van der Waals surface area contributed by atoms with Gasteiger partial charge in [0.05, 0.1) is 0 Å². The van der Waals surface area contributed by atoms with Gasteiger partial charge in [-0.05, 0) is 31.4 Å². The van der Waals surface area contributed by atoms with Crippen LogP contribution in [-0.2, 0) is 15.0 Å². The first-order valence-electron chi connectivity index (χ1n) is 6.52.